The molecular weight excluding hydrogens is 270 g/mol. The summed E-state index contributed by atoms with van der Waals surface area (Å²) in [6.07, 6.45) is 2.02. The van der Waals surface area contributed by atoms with Gasteiger partial charge >= 0.3 is 0 Å². The number of ether oxygens (including phenoxy) is 1. The van der Waals surface area contributed by atoms with Crippen molar-refractivity contribution in [2.45, 2.75) is 38.6 Å². The van der Waals surface area contributed by atoms with Gasteiger partial charge in [0.1, 0.15) is 0 Å². The fourth-order valence-electron chi connectivity index (χ4n) is 1.76. The van der Waals surface area contributed by atoms with Gasteiger partial charge in [0.15, 0.2) is 5.78 Å². The third kappa shape index (κ3) is 5.65. The van der Waals surface area contributed by atoms with Gasteiger partial charge in [0, 0.05) is 23.6 Å². The molecule has 0 atom stereocenters. The first-order valence-corrected chi connectivity index (χ1v) is 7.75. The molecule has 0 unspecified atom stereocenters. The standard InChI is InChI=1S/C15H23NO2S.CH4/c1-5-18-11-10-16-15(2,3)14(17)12-6-8-13(19-4)9-7-12;/h6-9,16H,5,10-11H2,1-4H3;1H4. The lowest BCUT2D eigenvalue weighted by Gasteiger charge is -2.25. The first-order chi connectivity index (χ1) is 9.01. The van der Waals surface area contributed by atoms with Crippen molar-refractivity contribution in [3.05, 3.63) is 29.8 Å². The Morgan fingerprint density at radius 2 is 1.90 bits per heavy atom. The van der Waals surface area contributed by atoms with Gasteiger partial charge in [0.25, 0.3) is 0 Å². The maximum absolute atomic E-state index is 12.4. The highest BCUT2D eigenvalue weighted by molar-refractivity contribution is 7.98. The Labute approximate surface area is 127 Å². The number of benzene rings is 1. The van der Waals surface area contributed by atoms with Crippen molar-refractivity contribution in [2.75, 3.05) is 26.0 Å². The zero-order valence-electron chi connectivity index (χ0n) is 12.2. The maximum atomic E-state index is 12.4. The molecule has 0 aliphatic rings. The lowest BCUT2D eigenvalue weighted by molar-refractivity contribution is 0.0862. The van der Waals surface area contributed by atoms with Crippen molar-refractivity contribution in [2.24, 2.45) is 0 Å². The zero-order chi connectivity index (χ0) is 14.3. The molecule has 20 heavy (non-hydrogen) atoms. The van der Waals surface area contributed by atoms with Crippen molar-refractivity contribution in [1.29, 1.82) is 0 Å². The van der Waals surface area contributed by atoms with Crippen LogP contribution in [0.15, 0.2) is 29.2 Å². The van der Waals surface area contributed by atoms with Crippen LogP contribution in [0.5, 0.6) is 0 Å². The zero-order valence-corrected chi connectivity index (χ0v) is 13.0. The van der Waals surface area contributed by atoms with Crippen LogP contribution in [-0.2, 0) is 4.74 Å². The molecule has 0 aliphatic carbocycles. The Balaban J connectivity index is 0.00000361. The predicted molar refractivity (Wildman–Crippen MR) is 87.9 cm³/mol. The van der Waals surface area contributed by atoms with Gasteiger partial charge in [0.05, 0.1) is 12.1 Å². The van der Waals surface area contributed by atoms with Crippen LogP contribution in [0.25, 0.3) is 0 Å². The van der Waals surface area contributed by atoms with E-state index in [1.807, 2.05) is 51.3 Å². The topological polar surface area (TPSA) is 38.3 Å². The molecule has 0 aliphatic heterocycles. The lowest BCUT2D eigenvalue weighted by atomic mass is 9.93. The van der Waals surface area contributed by atoms with Crippen LogP contribution in [-0.4, -0.2) is 37.3 Å². The molecule has 1 N–H and O–H groups in total. The van der Waals surface area contributed by atoms with Crippen LogP contribution < -0.4 is 5.32 Å². The summed E-state index contributed by atoms with van der Waals surface area (Å²) in [5, 5.41) is 3.24. The number of Topliss-reactive ketones (excluding diaryl/α,β-unsaturated/α-hetero) is 1. The molecule has 0 aromatic heterocycles. The van der Waals surface area contributed by atoms with Crippen LogP contribution >= 0.6 is 11.8 Å². The second-order valence-electron chi connectivity index (χ2n) is 4.81. The van der Waals surface area contributed by atoms with Crippen LogP contribution in [0.2, 0.25) is 0 Å². The van der Waals surface area contributed by atoms with E-state index in [0.717, 1.165) is 5.56 Å². The van der Waals surface area contributed by atoms with E-state index in [9.17, 15) is 4.79 Å². The van der Waals surface area contributed by atoms with E-state index in [1.165, 1.54) is 4.90 Å². The highest BCUT2D eigenvalue weighted by Crippen LogP contribution is 2.18. The molecule has 0 radical (unpaired) electrons. The van der Waals surface area contributed by atoms with Gasteiger partial charge in [-0.1, -0.05) is 19.6 Å². The van der Waals surface area contributed by atoms with Gasteiger partial charge in [-0.25, -0.2) is 0 Å². The molecule has 0 fully saturated rings. The third-order valence-electron chi connectivity index (χ3n) is 2.94. The number of rotatable bonds is 8. The molecule has 0 bridgehead atoms. The highest BCUT2D eigenvalue weighted by atomic mass is 32.2. The van der Waals surface area contributed by atoms with Gasteiger partial charge in [-0.05, 0) is 39.2 Å². The van der Waals surface area contributed by atoms with E-state index in [0.29, 0.717) is 19.8 Å². The fourth-order valence-corrected chi connectivity index (χ4v) is 2.17. The third-order valence-corrected chi connectivity index (χ3v) is 3.68. The van der Waals surface area contributed by atoms with Crippen LogP contribution in [0, 0.1) is 0 Å². The molecule has 0 saturated heterocycles. The lowest BCUT2D eigenvalue weighted by Crippen LogP contribution is -2.48. The van der Waals surface area contributed by atoms with Gasteiger partial charge in [-0.3, -0.25) is 4.79 Å². The van der Waals surface area contributed by atoms with Crippen LogP contribution in [0.4, 0.5) is 0 Å². The fraction of sp³-hybridized carbons (Fsp3) is 0.562. The van der Waals surface area contributed by atoms with E-state index in [2.05, 4.69) is 5.32 Å². The SMILES string of the molecule is C.CCOCCNC(C)(C)C(=O)c1ccc(SC)cc1. The number of carbonyl (C=O) groups excluding carboxylic acids is 1. The van der Waals surface area contributed by atoms with Crippen molar-refractivity contribution < 1.29 is 9.53 Å². The molecule has 114 valence electrons. The molecule has 0 saturated carbocycles. The van der Waals surface area contributed by atoms with Crippen molar-refractivity contribution in [1.82, 2.24) is 5.32 Å². The Morgan fingerprint density at radius 3 is 2.40 bits per heavy atom. The average molecular weight is 297 g/mol. The van der Waals surface area contributed by atoms with Gasteiger partial charge in [-0.15, -0.1) is 11.8 Å². The Morgan fingerprint density at radius 1 is 1.30 bits per heavy atom. The minimum atomic E-state index is -0.571. The molecular formula is C16H27NO2S. The van der Waals surface area contributed by atoms with E-state index in [1.54, 1.807) is 11.8 Å². The molecule has 0 heterocycles. The first-order valence-electron chi connectivity index (χ1n) is 6.53. The van der Waals surface area contributed by atoms with E-state index >= 15 is 0 Å². The second kappa shape index (κ2) is 9.16. The van der Waals surface area contributed by atoms with Crippen LogP contribution in [0.1, 0.15) is 38.6 Å². The van der Waals surface area contributed by atoms with Gasteiger partial charge in [0.2, 0.25) is 0 Å². The molecule has 1 aromatic carbocycles. The molecule has 1 aromatic rings. The van der Waals surface area contributed by atoms with E-state index in [4.69, 9.17) is 4.74 Å². The van der Waals surface area contributed by atoms with Crippen LogP contribution in [0.3, 0.4) is 0 Å². The average Bonchev–Trinajstić information content (AvgIpc) is 2.43. The molecule has 1 rings (SSSR count). The number of carbonyl (C=O) groups is 1. The molecule has 4 heteroatoms. The highest BCUT2D eigenvalue weighted by Gasteiger charge is 2.27. The number of hydrogen-bond donors (Lipinski definition) is 1. The smallest absolute Gasteiger partial charge is 0.182 e. The van der Waals surface area contributed by atoms with Gasteiger partial charge < -0.3 is 10.1 Å². The summed E-state index contributed by atoms with van der Waals surface area (Å²) in [5.41, 5.74) is 0.171. The quantitative estimate of drug-likeness (QED) is 0.452. The normalized spacial score (nSPS) is 11.0. The molecule has 3 nitrogen and oxygen atoms in total. The van der Waals surface area contributed by atoms with Crippen molar-refractivity contribution >= 4 is 17.5 Å². The van der Waals surface area contributed by atoms with E-state index < -0.39 is 5.54 Å². The van der Waals surface area contributed by atoms with Crippen molar-refractivity contribution in [3.8, 4) is 0 Å². The number of hydrogen-bond acceptors (Lipinski definition) is 4. The summed E-state index contributed by atoms with van der Waals surface area (Å²) in [6, 6.07) is 7.74. The monoisotopic (exact) mass is 297 g/mol. The predicted octanol–water partition coefficient (Wildman–Crippen LogP) is 3.63. The summed E-state index contributed by atoms with van der Waals surface area (Å²) in [7, 11) is 0. The number of ketones is 1. The summed E-state index contributed by atoms with van der Waals surface area (Å²) < 4.78 is 5.27. The second-order valence-corrected chi connectivity index (χ2v) is 5.69. The molecule has 0 spiro atoms. The Kier molecular flexibility index (Phi) is 8.78. The van der Waals surface area contributed by atoms with E-state index in [-0.39, 0.29) is 13.2 Å². The summed E-state index contributed by atoms with van der Waals surface area (Å²) in [5.74, 6) is 0.108. The maximum Gasteiger partial charge on any atom is 0.182 e. The summed E-state index contributed by atoms with van der Waals surface area (Å²) in [6.45, 7) is 7.78. The summed E-state index contributed by atoms with van der Waals surface area (Å²) >= 11 is 1.67. The largest absolute Gasteiger partial charge is 0.380 e. The summed E-state index contributed by atoms with van der Waals surface area (Å²) in [4.78, 5) is 13.6. The number of thioether (sulfide) groups is 1. The number of nitrogens with one attached hydrogen (secondary N) is 1. The minimum absolute atomic E-state index is 0. The Hall–Kier alpha value is -0.840. The van der Waals surface area contributed by atoms with Gasteiger partial charge in [-0.2, -0.15) is 0 Å². The van der Waals surface area contributed by atoms with Crippen molar-refractivity contribution in [3.63, 3.8) is 0 Å². The Bertz CT molecular complexity index is 401. The minimum Gasteiger partial charge on any atom is -0.380 e. The first kappa shape index (κ1) is 19.2. The molecule has 0 amide bonds.